The second kappa shape index (κ2) is 7.16. The fourth-order valence-corrected chi connectivity index (χ4v) is 4.84. The molecule has 0 radical (unpaired) electrons. The van der Waals surface area contributed by atoms with Gasteiger partial charge in [-0.3, -0.25) is 9.89 Å². The van der Waals surface area contributed by atoms with Crippen LogP contribution >= 0.6 is 0 Å². The Hall–Kier alpha value is -3.73. The number of H-pyrrole nitrogens is 1. The van der Waals surface area contributed by atoms with E-state index >= 15 is 0 Å². The Morgan fingerprint density at radius 2 is 2.06 bits per heavy atom. The molecule has 1 aromatic carbocycles. The second-order valence-corrected chi connectivity index (χ2v) is 9.16. The van der Waals surface area contributed by atoms with Crippen LogP contribution in [0.4, 0.5) is 4.39 Å². The molecule has 0 spiro atoms. The summed E-state index contributed by atoms with van der Waals surface area (Å²) in [5, 5.41) is 26.8. The molecule has 0 unspecified atom stereocenters. The summed E-state index contributed by atoms with van der Waals surface area (Å²) >= 11 is 0. The Morgan fingerprint density at radius 3 is 2.72 bits per heavy atom. The van der Waals surface area contributed by atoms with Gasteiger partial charge in [0.2, 0.25) is 0 Å². The van der Waals surface area contributed by atoms with E-state index in [4.69, 9.17) is 4.98 Å². The number of pyridine rings is 1. The van der Waals surface area contributed by atoms with Crippen LogP contribution in [-0.2, 0) is 10.2 Å². The summed E-state index contributed by atoms with van der Waals surface area (Å²) in [5.74, 6) is -1.49. The van der Waals surface area contributed by atoms with Crippen molar-refractivity contribution in [1.82, 2.24) is 19.7 Å². The highest BCUT2D eigenvalue weighted by atomic mass is 19.1. The minimum Gasteiger partial charge on any atom is -0.481 e. The van der Waals surface area contributed by atoms with Crippen LogP contribution < -0.4 is 0 Å². The van der Waals surface area contributed by atoms with Crippen molar-refractivity contribution in [2.45, 2.75) is 44.4 Å². The van der Waals surface area contributed by atoms with Gasteiger partial charge in [-0.1, -0.05) is 13.8 Å². The fraction of sp³-hybridized carbons (Fsp3) is 0.333. The first-order valence-corrected chi connectivity index (χ1v) is 10.5. The van der Waals surface area contributed by atoms with Crippen molar-refractivity contribution in [1.29, 1.82) is 5.26 Å². The number of nitrogens with zero attached hydrogens (tertiary/aromatic N) is 4. The second-order valence-electron chi connectivity index (χ2n) is 9.16. The average Bonchev–Trinajstić information content (AvgIpc) is 3.28. The summed E-state index contributed by atoms with van der Waals surface area (Å²) in [6.07, 6.45) is 3.02. The number of rotatable bonds is 5. The SMILES string of the molecule is CC(C)(CC#N)c1c([C@H]2C[C@H](C(=O)O)C2)c2nc3[nH]ncc3cc2n1-c1ccc(F)cc1. The Balaban J connectivity index is 1.86. The topological polar surface area (TPSA) is 108 Å². The molecule has 162 valence electrons. The van der Waals surface area contributed by atoms with Crippen LogP contribution in [0.3, 0.4) is 0 Å². The fourth-order valence-electron chi connectivity index (χ4n) is 4.84. The smallest absolute Gasteiger partial charge is 0.306 e. The summed E-state index contributed by atoms with van der Waals surface area (Å²) in [6.45, 7) is 4.02. The lowest BCUT2D eigenvalue weighted by Crippen LogP contribution is -2.31. The summed E-state index contributed by atoms with van der Waals surface area (Å²) in [4.78, 5) is 16.4. The zero-order chi connectivity index (χ0) is 22.6. The van der Waals surface area contributed by atoms with Crippen molar-refractivity contribution in [3.63, 3.8) is 0 Å². The zero-order valence-corrected chi connectivity index (χ0v) is 17.8. The van der Waals surface area contributed by atoms with E-state index in [1.165, 1.54) is 12.1 Å². The van der Waals surface area contributed by atoms with Crippen molar-refractivity contribution in [3.05, 3.63) is 53.6 Å². The lowest BCUT2D eigenvalue weighted by Gasteiger charge is -2.35. The lowest BCUT2D eigenvalue weighted by molar-refractivity contribution is -0.145. The summed E-state index contributed by atoms with van der Waals surface area (Å²) in [7, 11) is 0. The Bertz CT molecular complexity index is 1390. The number of carboxylic acid groups (broad SMARTS) is 1. The maximum atomic E-state index is 13.7. The number of fused-ring (bicyclic) bond motifs is 2. The van der Waals surface area contributed by atoms with Crippen LogP contribution in [0.25, 0.3) is 27.8 Å². The molecule has 5 rings (SSSR count). The maximum Gasteiger partial charge on any atom is 0.306 e. The molecule has 7 nitrogen and oxygen atoms in total. The standard InChI is InChI=1S/C24H22FN5O2/c1-24(2,7-8-26)21-19(13-9-14(10-13)23(31)32)20-18(11-15-12-27-29-22(15)28-20)30(21)17-5-3-16(25)4-6-17/h3-6,11-14H,7,9-10H2,1-2H3,(H,31,32)(H,27,28,29)/t13-,14-. The largest absolute Gasteiger partial charge is 0.481 e. The molecule has 0 atom stereocenters. The highest BCUT2D eigenvalue weighted by Gasteiger charge is 2.42. The van der Waals surface area contributed by atoms with Crippen LogP contribution in [0.5, 0.6) is 0 Å². The van der Waals surface area contributed by atoms with Crippen LogP contribution in [-0.4, -0.2) is 30.8 Å². The minimum absolute atomic E-state index is 0.0149. The van der Waals surface area contributed by atoms with E-state index in [1.807, 2.05) is 19.9 Å². The predicted molar refractivity (Wildman–Crippen MR) is 117 cm³/mol. The maximum absolute atomic E-state index is 13.7. The van der Waals surface area contributed by atoms with Gasteiger partial charge in [-0.05, 0) is 49.1 Å². The van der Waals surface area contributed by atoms with E-state index < -0.39 is 11.4 Å². The van der Waals surface area contributed by atoms with E-state index in [0.717, 1.165) is 33.4 Å². The number of aliphatic carboxylic acids is 1. The molecule has 32 heavy (non-hydrogen) atoms. The van der Waals surface area contributed by atoms with Gasteiger partial charge in [0.1, 0.15) is 5.82 Å². The molecule has 1 aliphatic rings. The number of benzene rings is 1. The van der Waals surface area contributed by atoms with Gasteiger partial charge in [-0.25, -0.2) is 9.37 Å². The molecule has 2 N–H and O–H groups in total. The van der Waals surface area contributed by atoms with E-state index in [1.54, 1.807) is 18.3 Å². The molecule has 1 aliphatic carbocycles. The van der Waals surface area contributed by atoms with Gasteiger partial charge in [0, 0.05) is 34.2 Å². The third kappa shape index (κ3) is 3.04. The van der Waals surface area contributed by atoms with Crippen LogP contribution in [0.2, 0.25) is 0 Å². The number of aromatic nitrogens is 4. The molecular weight excluding hydrogens is 409 g/mol. The Labute approximate surface area is 183 Å². The molecule has 1 fully saturated rings. The summed E-state index contributed by atoms with van der Waals surface area (Å²) in [6, 6.07) is 10.5. The molecule has 8 heteroatoms. The van der Waals surface area contributed by atoms with Gasteiger partial charge in [0.05, 0.1) is 29.2 Å². The summed E-state index contributed by atoms with van der Waals surface area (Å²) < 4.78 is 15.8. The van der Waals surface area contributed by atoms with Gasteiger partial charge in [0.25, 0.3) is 0 Å². The number of nitriles is 1. The van der Waals surface area contributed by atoms with E-state index in [2.05, 4.69) is 20.8 Å². The number of aromatic amines is 1. The molecule has 3 aromatic heterocycles. The van der Waals surface area contributed by atoms with Gasteiger partial charge < -0.3 is 9.67 Å². The number of hydrogen-bond acceptors (Lipinski definition) is 4. The molecule has 1 saturated carbocycles. The number of carbonyl (C=O) groups is 1. The Morgan fingerprint density at radius 1 is 1.34 bits per heavy atom. The van der Waals surface area contributed by atoms with Gasteiger partial charge in [0.15, 0.2) is 5.65 Å². The molecule has 0 saturated heterocycles. The Kier molecular flexibility index (Phi) is 4.52. The van der Waals surface area contributed by atoms with E-state index in [0.29, 0.717) is 18.5 Å². The first kappa shape index (κ1) is 20.2. The summed E-state index contributed by atoms with van der Waals surface area (Å²) in [5.41, 5.74) is 4.36. The third-order valence-corrected chi connectivity index (χ3v) is 6.52. The lowest BCUT2D eigenvalue weighted by atomic mass is 9.68. The van der Waals surface area contributed by atoms with E-state index in [-0.39, 0.29) is 24.1 Å². The number of carboxylic acids is 1. The molecule has 3 heterocycles. The highest BCUT2D eigenvalue weighted by Crippen LogP contribution is 2.50. The first-order valence-electron chi connectivity index (χ1n) is 10.5. The van der Waals surface area contributed by atoms with Crippen molar-refractivity contribution in [2.24, 2.45) is 5.92 Å². The van der Waals surface area contributed by atoms with Gasteiger partial charge >= 0.3 is 5.97 Å². The quantitative estimate of drug-likeness (QED) is 0.471. The monoisotopic (exact) mass is 431 g/mol. The molecule has 0 amide bonds. The molecule has 4 aromatic rings. The van der Waals surface area contributed by atoms with Gasteiger partial charge in [-0.15, -0.1) is 0 Å². The molecular formula is C24H22FN5O2. The van der Waals surface area contributed by atoms with Gasteiger partial charge in [-0.2, -0.15) is 10.4 Å². The predicted octanol–water partition coefficient (Wildman–Crippen LogP) is 4.81. The van der Waals surface area contributed by atoms with Crippen molar-refractivity contribution < 1.29 is 14.3 Å². The van der Waals surface area contributed by atoms with Crippen molar-refractivity contribution in [3.8, 4) is 11.8 Å². The average molecular weight is 431 g/mol. The molecule has 0 bridgehead atoms. The van der Waals surface area contributed by atoms with Crippen LogP contribution in [0.1, 0.15) is 50.3 Å². The molecule has 0 aliphatic heterocycles. The number of nitrogens with one attached hydrogen (secondary N) is 1. The van der Waals surface area contributed by atoms with Crippen LogP contribution in [0, 0.1) is 23.1 Å². The minimum atomic E-state index is -0.787. The van der Waals surface area contributed by atoms with E-state index in [9.17, 15) is 19.6 Å². The zero-order valence-electron chi connectivity index (χ0n) is 17.8. The highest BCUT2D eigenvalue weighted by molar-refractivity contribution is 5.94. The normalized spacial score (nSPS) is 18.6. The number of halogens is 1. The first-order chi connectivity index (χ1) is 15.3. The van der Waals surface area contributed by atoms with Crippen LogP contribution in [0.15, 0.2) is 36.5 Å². The van der Waals surface area contributed by atoms with Crippen molar-refractivity contribution >= 4 is 28.0 Å². The van der Waals surface area contributed by atoms with Crippen molar-refractivity contribution in [2.75, 3.05) is 0 Å². The number of hydrogen-bond donors (Lipinski definition) is 2. The third-order valence-electron chi connectivity index (χ3n) is 6.52.